The summed E-state index contributed by atoms with van der Waals surface area (Å²) in [5, 5.41) is 3.85. The van der Waals surface area contributed by atoms with Crippen LogP contribution in [0.25, 0.3) is 21.1 Å². The van der Waals surface area contributed by atoms with E-state index in [0.29, 0.717) is 41.9 Å². The van der Waals surface area contributed by atoms with E-state index in [2.05, 4.69) is 17.2 Å². The van der Waals surface area contributed by atoms with E-state index in [9.17, 15) is 9.59 Å². The molecule has 2 atom stereocenters. The minimum Gasteiger partial charge on any atom is -0.456 e. The molecular weight excluding hydrogens is 476 g/mol. The highest BCUT2D eigenvalue weighted by Gasteiger charge is 2.33. The molecule has 0 bridgehead atoms. The lowest BCUT2D eigenvalue weighted by molar-refractivity contribution is 0.0697. The number of amides is 2. The first-order chi connectivity index (χ1) is 17.4. The van der Waals surface area contributed by atoms with Crippen molar-refractivity contribution in [2.45, 2.75) is 33.3 Å². The number of ether oxygens (including phenoxy) is 2. The molecular formula is C27H30N4O4S. The molecule has 1 N–H and O–H groups in total. The Labute approximate surface area is 213 Å². The van der Waals surface area contributed by atoms with Crippen molar-refractivity contribution >= 4 is 44.4 Å². The fraction of sp³-hybridized carbons (Fsp3) is 0.370. The molecule has 4 heterocycles. The van der Waals surface area contributed by atoms with Crippen molar-refractivity contribution in [3.8, 4) is 11.5 Å². The molecule has 1 saturated heterocycles. The molecule has 5 rings (SSSR count). The van der Waals surface area contributed by atoms with Crippen molar-refractivity contribution in [2.75, 3.05) is 26.7 Å². The number of hydrogen-bond donors (Lipinski definition) is 1. The number of rotatable bonds is 6. The zero-order chi connectivity index (χ0) is 25.4. The van der Waals surface area contributed by atoms with Gasteiger partial charge in [-0.1, -0.05) is 13.8 Å². The summed E-state index contributed by atoms with van der Waals surface area (Å²) in [6, 6.07) is 11.2. The van der Waals surface area contributed by atoms with Crippen LogP contribution in [0, 0.1) is 12.8 Å². The molecule has 9 heteroatoms. The zero-order valence-electron chi connectivity index (χ0n) is 20.9. The van der Waals surface area contributed by atoms with Crippen molar-refractivity contribution in [1.29, 1.82) is 0 Å². The summed E-state index contributed by atoms with van der Waals surface area (Å²) < 4.78 is 14.3. The number of aromatic nitrogens is 2. The predicted octanol–water partition coefficient (Wildman–Crippen LogP) is 5.43. The molecule has 0 spiro atoms. The number of pyridine rings is 1. The van der Waals surface area contributed by atoms with Crippen LogP contribution in [0.2, 0.25) is 0 Å². The zero-order valence-corrected chi connectivity index (χ0v) is 21.7. The van der Waals surface area contributed by atoms with Crippen molar-refractivity contribution in [3.63, 3.8) is 0 Å². The molecule has 1 aliphatic heterocycles. The van der Waals surface area contributed by atoms with Gasteiger partial charge >= 0.3 is 6.03 Å². The van der Waals surface area contributed by atoms with Crippen LogP contribution in [0.15, 0.2) is 42.6 Å². The number of thiophene rings is 1. The van der Waals surface area contributed by atoms with Crippen LogP contribution in [0.1, 0.15) is 35.6 Å². The second kappa shape index (κ2) is 9.91. The van der Waals surface area contributed by atoms with Crippen molar-refractivity contribution in [3.05, 3.63) is 53.2 Å². The summed E-state index contributed by atoms with van der Waals surface area (Å²) in [7, 11) is 1.69. The molecule has 3 aromatic heterocycles. The second-order valence-electron chi connectivity index (χ2n) is 9.27. The standard InChI is InChI=1S/C27H30N4O4S/c1-5-9-29-27(33)31-17(3)11-18-12-19(6-7-21(18)31)35-22-8-10-28-20-13-24(36-25(20)22)26(32)30-14-16(2)23(15-30)34-4/h6-8,10-13,16,23H,5,9,14-15H2,1-4H3,(H,29,33)/t16-,23-/m0/s1. The lowest BCUT2D eigenvalue weighted by Crippen LogP contribution is -2.29. The van der Waals surface area contributed by atoms with E-state index in [1.165, 1.54) is 11.3 Å². The number of methoxy groups -OCH3 is 1. The smallest absolute Gasteiger partial charge is 0.326 e. The molecule has 4 aromatic rings. The van der Waals surface area contributed by atoms with Crippen LogP contribution in [-0.2, 0) is 4.74 Å². The molecule has 188 valence electrons. The lowest BCUT2D eigenvalue weighted by atomic mass is 10.1. The minimum atomic E-state index is -0.131. The summed E-state index contributed by atoms with van der Waals surface area (Å²) >= 11 is 1.39. The monoisotopic (exact) mass is 506 g/mol. The van der Waals surface area contributed by atoms with Crippen LogP contribution < -0.4 is 10.1 Å². The summed E-state index contributed by atoms with van der Waals surface area (Å²) in [6.45, 7) is 7.94. The fourth-order valence-corrected chi connectivity index (χ4v) is 5.80. The van der Waals surface area contributed by atoms with Crippen molar-refractivity contribution < 1.29 is 19.1 Å². The van der Waals surface area contributed by atoms with Gasteiger partial charge in [-0.2, -0.15) is 0 Å². The number of hydrogen-bond acceptors (Lipinski definition) is 6. The molecule has 36 heavy (non-hydrogen) atoms. The third-order valence-electron chi connectivity index (χ3n) is 6.63. The molecule has 0 aliphatic carbocycles. The van der Waals surface area contributed by atoms with Gasteiger partial charge in [-0.25, -0.2) is 4.79 Å². The number of benzene rings is 1. The number of nitrogens with zero attached hydrogens (tertiary/aromatic N) is 3. The van der Waals surface area contributed by atoms with Gasteiger partial charge in [-0.3, -0.25) is 14.3 Å². The normalized spacial score (nSPS) is 17.7. The van der Waals surface area contributed by atoms with E-state index in [-0.39, 0.29) is 18.0 Å². The van der Waals surface area contributed by atoms with Crippen LogP contribution >= 0.6 is 11.3 Å². The number of aryl methyl sites for hydroxylation is 1. The maximum absolute atomic E-state index is 13.2. The number of carbonyl (C=O) groups excluding carboxylic acids is 2. The van der Waals surface area contributed by atoms with E-state index >= 15 is 0 Å². The predicted molar refractivity (Wildman–Crippen MR) is 141 cm³/mol. The molecule has 2 amide bonds. The van der Waals surface area contributed by atoms with Crippen molar-refractivity contribution in [1.82, 2.24) is 19.8 Å². The quantitative estimate of drug-likeness (QED) is 0.377. The average molecular weight is 507 g/mol. The molecule has 1 aliphatic rings. The topological polar surface area (TPSA) is 85.7 Å². The Balaban J connectivity index is 1.40. The number of fused-ring (bicyclic) bond motifs is 2. The Bertz CT molecular complexity index is 1440. The van der Waals surface area contributed by atoms with E-state index in [4.69, 9.17) is 9.47 Å². The first-order valence-corrected chi connectivity index (χ1v) is 13.0. The van der Waals surface area contributed by atoms with Crippen LogP contribution in [0.5, 0.6) is 11.5 Å². The lowest BCUT2D eigenvalue weighted by Gasteiger charge is -2.14. The Hall–Kier alpha value is -3.43. The molecule has 0 unspecified atom stereocenters. The van der Waals surface area contributed by atoms with Gasteiger partial charge in [0, 0.05) is 56.0 Å². The highest BCUT2D eigenvalue weighted by molar-refractivity contribution is 7.21. The van der Waals surface area contributed by atoms with Crippen molar-refractivity contribution in [2.24, 2.45) is 5.92 Å². The molecule has 1 fully saturated rings. The highest BCUT2D eigenvalue weighted by Crippen LogP contribution is 2.37. The molecule has 0 radical (unpaired) electrons. The van der Waals surface area contributed by atoms with Gasteiger partial charge in [0.1, 0.15) is 11.5 Å². The van der Waals surface area contributed by atoms with E-state index in [1.807, 2.05) is 55.1 Å². The third kappa shape index (κ3) is 4.44. The van der Waals surface area contributed by atoms with Gasteiger partial charge < -0.3 is 19.7 Å². The Kier molecular flexibility index (Phi) is 6.68. The summed E-state index contributed by atoms with van der Waals surface area (Å²) in [4.78, 5) is 32.7. The van der Waals surface area contributed by atoms with E-state index < -0.39 is 0 Å². The second-order valence-corrected chi connectivity index (χ2v) is 10.3. The summed E-state index contributed by atoms with van der Waals surface area (Å²) in [6.07, 6.45) is 2.63. The van der Waals surface area contributed by atoms with Gasteiger partial charge in [-0.05, 0) is 43.7 Å². The van der Waals surface area contributed by atoms with E-state index in [1.54, 1.807) is 17.9 Å². The summed E-state index contributed by atoms with van der Waals surface area (Å²) in [5.41, 5.74) is 2.41. The molecule has 8 nitrogen and oxygen atoms in total. The Morgan fingerprint density at radius 2 is 2.03 bits per heavy atom. The average Bonchev–Trinajstić information content (AvgIpc) is 3.56. The fourth-order valence-electron chi connectivity index (χ4n) is 4.77. The SMILES string of the molecule is CCCNC(=O)n1c(C)cc2cc(Oc3ccnc4cc(C(=O)N5C[C@H](OC)[C@@H](C)C5)sc34)ccc21. The maximum atomic E-state index is 13.2. The minimum absolute atomic E-state index is 0.00469. The number of likely N-dealkylation sites (tertiary alicyclic amines) is 1. The summed E-state index contributed by atoms with van der Waals surface area (Å²) in [5.74, 6) is 1.59. The first kappa shape index (κ1) is 24.3. The third-order valence-corrected chi connectivity index (χ3v) is 7.76. The van der Waals surface area contributed by atoms with Crippen LogP contribution in [0.4, 0.5) is 4.79 Å². The molecule has 1 aromatic carbocycles. The number of carbonyl (C=O) groups is 2. The van der Waals surface area contributed by atoms with E-state index in [0.717, 1.165) is 33.2 Å². The largest absolute Gasteiger partial charge is 0.456 e. The van der Waals surface area contributed by atoms with Crippen LogP contribution in [0.3, 0.4) is 0 Å². The van der Waals surface area contributed by atoms with Gasteiger partial charge in [0.05, 0.1) is 26.7 Å². The Morgan fingerprint density at radius 1 is 1.19 bits per heavy atom. The highest BCUT2D eigenvalue weighted by atomic mass is 32.1. The van der Waals surface area contributed by atoms with Gasteiger partial charge in [0.25, 0.3) is 5.91 Å². The maximum Gasteiger partial charge on any atom is 0.326 e. The van der Waals surface area contributed by atoms with Gasteiger partial charge in [0.2, 0.25) is 0 Å². The molecule has 0 saturated carbocycles. The van der Waals surface area contributed by atoms with Crippen LogP contribution in [-0.4, -0.2) is 59.2 Å². The number of nitrogens with one attached hydrogen (secondary N) is 1. The Morgan fingerprint density at radius 3 is 2.78 bits per heavy atom. The van der Waals surface area contributed by atoms with Gasteiger partial charge in [-0.15, -0.1) is 11.3 Å². The first-order valence-electron chi connectivity index (χ1n) is 12.2. The van der Waals surface area contributed by atoms with Gasteiger partial charge in [0.15, 0.2) is 0 Å².